The zero-order valence-electron chi connectivity index (χ0n) is 14.5. The van der Waals surface area contributed by atoms with Crippen molar-refractivity contribution in [2.75, 3.05) is 0 Å². The van der Waals surface area contributed by atoms with E-state index in [2.05, 4.69) is 5.10 Å². The van der Waals surface area contributed by atoms with Gasteiger partial charge in [-0.05, 0) is 24.1 Å². The molecule has 0 unspecified atom stereocenters. The molecule has 0 saturated heterocycles. The highest BCUT2D eigenvalue weighted by molar-refractivity contribution is 5.90. The first kappa shape index (κ1) is 18.7. The van der Waals surface area contributed by atoms with Crippen LogP contribution in [-0.4, -0.2) is 20.9 Å². The Morgan fingerprint density at radius 2 is 1.70 bits per heavy atom. The molecular weight excluding hydrogens is 357 g/mol. The van der Waals surface area contributed by atoms with Crippen molar-refractivity contribution in [3.05, 3.63) is 77.0 Å². The van der Waals surface area contributed by atoms with E-state index in [1.165, 1.54) is 16.8 Å². The molecule has 4 nitrogen and oxygen atoms in total. The molecule has 0 aliphatic rings. The second-order valence-corrected chi connectivity index (χ2v) is 6.05. The lowest BCUT2D eigenvalue weighted by molar-refractivity contribution is -0.137. The Hall–Kier alpha value is -3.09. The lowest BCUT2D eigenvalue weighted by Crippen LogP contribution is -2.12. The van der Waals surface area contributed by atoms with E-state index in [9.17, 15) is 23.1 Å². The van der Waals surface area contributed by atoms with E-state index in [4.69, 9.17) is 0 Å². The van der Waals surface area contributed by atoms with Gasteiger partial charge in [0.1, 0.15) is 5.69 Å². The maximum Gasteiger partial charge on any atom is 0.416 e. The topological polar surface area (TPSA) is 55.1 Å². The minimum absolute atomic E-state index is 0.0521. The van der Waals surface area contributed by atoms with Gasteiger partial charge in [-0.2, -0.15) is 18.3 Å². The zero-order valence-corrected chi connectivity index (χ0v) is 14.5. The summed E-state index contributed by atoms with van der Waals surface area (Å²) < 4.78 is 39.8. The normalized spacial score (nSPS) is 11.6. The molecule has 0 amide bonds. The van der Waals surface area contributed by atoms with Crippen LogP contribution in [-0.2, 0) is 19.1 Å². The van der Waals surface area contributed by atoms with Crippen molar-refractivity contribution >= 4 is 5.97 Å². The third-order valence-electron chi connectivity index (χ3n) is 4.27. The number of alkyl halides is 3. The second-order valence-electron chi connectivity index (χ2n) is 6.05. The van der Waals surface area contributed by atoms with Crippen LogP contribution < -0.4 is 0 Å². The van der Waals surface area contributed by atoms with Crippen LogP contribution in [0.25, 0.3) is 11.3 Å². The highest BCUT2D eigenvalue weighted by Crippen LogP contribution is 2.32. The highest BCUT2D eigenvalue weighted by Gasteiger charge is 2.30. The Morgan fingerprint density at radius 3 is 2.22 bits per heavy atom. The molecule has 7 heteroatoms. The fraction of sp³-hybridized carbons (Fsp3) is 0.200. The van der Waals surface area contributed by atoms with E-state index in [0.29, 0.717) is 23.2 Å². The molecule has 0 bridgehead atoms. The zero-order chi connectivity index (χ0) is 19.6. The van der Waals surface area contributed by atoms with E-state index < -0.39 is 17.7 Å². The van der Waals surface area contributed by atoms with Crippen molar-refractivity contribution in [3.8, 4) is 11.3 Å². The van der Waals surface area contributed by atoms with Gasteiger partial charge in [-0.15, -0.1) is 0 Å². The monoisotopic (exact) mass is 374 g/mol. The van der Waals surface area contributed by atoms with E-state index in [-0.39, 0.29) is 12.2 Å². The molecule has 0 spiro atoms. The smallest absolute Gasteiger partial charge is 0.416 e. The molecule has 1 aromatic heterocycles. The number of rotatable bonds is 5. The number of carbonyl (C=O) groups is 1. The molecule has 0 aliphatic heterocycles. The van der Waals surface area contributed by atoms with Crippen LogP contribution in [0.2, 0.25) is 0 Å². The highest BCUT2D eigenvalue weighted by atomic mass is 19.4. The largest absolute Gasteiger partial charge is 0.477 e. The Kier molecular flexibility index (Phi) is 5.03. The van der Waals surface area contributed by atoms with Crippen molar-refractivity contribution < 1.29 is 23.1 Å². The molecule has 2 aromatic carbocycles. The summed E-state index contributed by atoms with van der Waals surface area (Å²) in [4.78, 5) is 11.8. The number of nitrogens with zero attached hydrogens (tertiary/aromatic N) is 2. The van der Waals surface area contributed by atoms with Crippen molar-refractivity contribution in [1.29, 1.82) is 0 Å². The van der Waals surface area contributed by atoms with Gasteiger partial charge in [-0.25, -0.2) is 4.79 Å². The van der Waals surface area contributed by atoms with E-state index in [0.717, 1.165) is 17.7 Å². The molecule has 1 heterocycles. The third kappa shape index (κ3) is 3.86. The van der Waals surface area contributed by atoms with Crippen LogP contribution in [0.1, 0.15) is 34.1 Å². The third-order valence-corrected chi connectivity index (χ3v) is 4.27. The average Bonchev–Trinajstić information content (AvgIpc) is 3.00. The molecule has 3 aromatic rings. The molecule has 1 N–H and O–H groups in total. The number of hydrogen-bond donors (Lipinski definition) is 1. The van der Waals surface area contributed by atoms with Crippen LogP contribution in [0, 0.1) is 0 Å². The Balaban J connectivity index is 2.07. The molecule has 0 aliphatic carbocycles. The van der Waals surface area contributed by atoms with Crippen LogP contribution in [0.4, 0.5) is 13.2 Å². The molecule has 0 fully saturated rings. The van der Waals surface area contributed by atoms with Crippen LogP contribution in [0.5, 0.6) is 0 Å². The standard InChI is InChI=1S/C20H17F3N2O2/c1-2-16-17(14-8-10-15(11-9-14)20(21,22)23)24-25(18(16)19(26)27)12-13-6-4-3-5-7-13/h3-11H,2,12H2,1H3,(H,26,27). The van der Waals surface area contributed by atoms with Gasteiger partial charge >= 0.3 is 12.1 Å². The lowest BCUT2D eigenvalue weighted by atomic mass is 10.0. The van der Waals surface area contributed by atoms with Crippen LogP contribution >= 0.6 is 0 Å². The van der Waals surface area contributed by atoms with Crippen molar-refractivity contribution in [1.82, 2.24) is 9.78 Å². The Bertz CT molecular complexity index is 946. The predicted octanol–water partition coefficient (Wildman–Crippen LogP) is 4.88. The number of aromatic carboxylic acids is 1. The number of halogens is 3. The van der Waals surface area contributed by atoms with E-state index >= 15 is 0 Å². The van der Waals surface area contributed by atoms with Crippen LogP contribution in [0.3, 0.4) is 0 Å². The summed E-state index contributed by atoms with van der Waals surface area (Å²) in [6.07, 6.45) is -4.03. The summed E-state index contributed by atoms with van der Waals surface area (Å²) in [5.41, 5.74) is 1.51. The van der Waals surface area contributed by atoms with Gasteiger partial charge in [0.25, 0.3) is 0 Å². The summed E-state index contributed by atoms with van der Waals surface area (Å²) in [7, 11) is 0. The van der Waals surface area contributed by atoms with E-state index in [1.54, 1.807) is 6.92 Å². The maximum absolute atomic E-state index is 12.8. The quantitative estimate of drug-likeness (QED) is 0.693. The van der Waals surface area contributed by atoms with Gasteiger partial charge in [-0.1, -0.05) is 49.4 Å². The fourth-order valence-corrected chi connectivity index (χ4v) is 2.99. The summed E-state index contributed by atoms with van der Waals surface area (Å²) in [5.74, 6) is -1.12. The lowest BCUT2D eigenvalue weighted by Gasteiger charge is -2.07. The number of carboxylic acid groups (broad SMARTS) is 1. The number of carboxylic acids is 1. The summed E-state index contributed by atoms with van der Waals surface area (Å²) in [5, 5.41) is 14.1. The molecule has 0 atom stereocenters. The van der Waals surface area contributed by atoms with Crippen molar-refractivity contribution in [3.63, 3.8) is 0 Å². The minimum Gasteiger partial charge on any atom is -0.477 e. The summed E-state index contributed by atoms with van der Waals surface area (Å²) in [6, 6.07) is 13.9. The number of hydrogen-bond acceptors (Lipinski definition) is 2. The summed E-state index contributed by atoms with van der Waals surface area (Å²) >= 11 is 0. The number of benzene rings is 2. The maximum atomic E-state index is 12.8. The second kappa shape index (κ2) is 7.26. The first-order chi connectivity index (χ1) is 12.8. The minimum atomic E-state index is -4.43. The molecule has 0 saturated carbocycles. The molecule has 27 heavy (non-hydrogen) atoms. The average molecular weight is 374 g/mol. The molecule has 140 valence electrons. The van der Waals surface area contributed by atoms with Gasteiger partial charge in [-0.3, -0.25) is 4.68 Å². The Morgan fingerprint density at radius 1 is 1.07 bits per heavy atom. The van der Waals surface area contributed by atoms with Crippen molar-refractivity contribution in [2.45, 2.75) is 26.1 Å². The van der Waals surface area contributed by atoms with Gasteiger partial charge < -0.3 is 5.11 Å². The SMILES string of the molecule is CCc1c(-c2ccc(C(F)(F)F)cc2)nn(Cc2ccccc2)c1C(=O)O. The predicted molar refractivity (Wildman–Crippen MR) is 94.5 cm³/mol. The Labute approximate surface area is 153 Å². The van der Waals surface area contributed by atoms with Gasteiger partial charge in [0.05, 0.1) is 17.8 Å². The van der Waals surface area contributed by atoms with Gasteiger partial charge in [0.15, 0.2) is 0 Å². The molecular formula is C20H17F3N2O2. The first-order valence-corrected chi connectivity index (χ1v) is 8.35. The van der Waals surface area contributed by atoms with Crippen LogP contribution in [0.15, 0.2) is 54.6 Å². The molecule has 0 radical (unpaired) electrons. The number of aromatic nitrogens is 2. The fourth-order valence-electron chi connectivity index (χ4n) is 2.99. The molecule has 3 rings (SSSR count). The van der Waals surface area contributed by atoms with Gasteiger partial charge in [0, 0.05) is 11.1 Å². The first-order valence-electron chi connectivity index (χ1n) is 8.35. The van der Waals surface area contributed by atoms with Crippen molar-refractivity contribution in [2.24, 2.45) is 0 Å². The van der Waals surface area contributed by atoms with Gasteiger partial charge in [0.2, 0.25) is 0 Å². The van der Waals surface area contributed by atoms with E-state index in [1.807, 2.05) is 30.3 Å². The summed E-state index contributed by atoms with van der Waals surface area (Å²) in [6.45, 7) is 2.06.